The van der Waals surface area contributed by atoms with Crippen LogP contribution < -0.4 is 5.48 Å². The Kier molecular flexibility index (Phi) is 11.6. The van der Waals surface area contributed by atoms with Crippen LogP contribution in [-0.2, 0) is 29.2 Å². The van der Waals surface area contributed by atoms with Crippen LogP contribution in [0.5, 0.6) is 0 Å². The molecule has 2 aliphatic rings. The van der Waals surface area contributed by atoms with Gasteiger partial charge in [0.1, 0.15) is 12.7 Å². The Morgan fingerprint density at radius 1 is 1.04 bits per heavy atom. The van der Waals surface area contributed by atoms with E-state index >= 15 is 0 Å². The number of nitrogens with one attached hydrogen (secondary N) is 1. The second-order valence-electron chi connectivity index (χ2n) is 11.4. The van der Waals surface area contributed by atoms with Gasteiger partial charge in [-0.05, 0) is 49.3 Å². The van der Waals surface area contributed by atoms with Crippen LogP contribution in [0.25, 0.3) is 6.08 Å². The second-order valence-corrected chi connectivity index (χ2v) is 13.3. The Bertz CT molecular complexity index is 1470. The van der Waals surface area contributed by atoms with Crippen molar-refractivity contribution in [3.63, 3.8) is 0 Å². The summed E-state index contributed by atoms with van der Waals surface area (Å²) in [6, 6.07) is 14.0. The number of hydrazine groups is 1. The maximum Gasteiger partial charge on any atom is 0.268 e. The van der Waals surface area contributed by atoms with Gasteiger partial charge in [0.05, 0.1) is 17.4 Å². The van der Waals surface area contributed by atoms with Crippen LogP contribution in [0.3, 0.4) is 0 Å². The highest BCUT2D eigenvalue weighted by atomic mass is 32.2. The molecule has 2 atom stereocenters. The van der Waals surface area contributed by atoms with E-state index in [0.29, 0.717) is 23.9 Å². The molecule has 0 aliphatic carbocycles. The van der Waals surface area contributed by atoms with Crippen molar-refractivity contribution in [1.82, 2.24) is 19.8 Å². The number of carbonyl (C=O) groups is 4. The molecule has 45 heavy (non-hydrogen) atoms. The maximum atomic E-state index is 13.9. The van der Waals surface area contributed by atoms with Crippen LogP contribution in [-0.4, -0.2) is 78.2 Å². The minimum Gasteiger partial charge on any atom is -0.350 e. The summed E-state index contributed by atoms with van der Waals surface area (Å²) in [5.41, 5.74) is 3.44. The Balaban J connectivity index is 1.71. The van der Waals surface area contributed by atoms with Crippen molar-refractivity contribution in [3.05, 3.63) is 77.4 Å². The Labute approximate surface area is 263 Å². The third-order valence-electron chi connectivity index (χ3n) is 7.45. The van der Waals surface area contributed by atoms with Crippen LogP contribution in [0.4, 0.5) is 0 Å². The van der Waals surface area contributed by atoms with Gasteiger partial charge in [0, 0.05) is 19.4 Å². The van der Waals surface area contributed by atoms with E-state index in [9.17, 15) is 27.6 Å². The first kappa shape index (κ1) is 34.0. The van der Waals surface area contributed by atoms with E-state index in [1.165, 1.54) is 12.1 Å². The molecule has 0 bridgehead atoms. The molecule has 242 valence electrons. The number of hydrogen-bond acceptors (Lipinski definition) is 8. The summed E-state index contributed by atoms with van der Waals surface area (Å²) in [4.78, 5) is 60.5. The number of imide groups is 1. The molecule has 2 heterocycles. The fourth-order valence-electron chi connectivity index (χ4n) is 5.01. The lowest BCUT2D eigenvalue weighted by Gasteiger charge is -2.39. The van der Waals surface area contributed by atoms with Crippen molar-refractivity contribution in [2.24, 2.45) is 5.92 Å². The smallest absolute Gasteiger partial charge is 0.268 e. The maximum absolute atomic E-state index is 13.9. The molecular weight excluding hydrogens is 600 g/mol. The first-order chi connectivity index (χ1) is 21.5. The van der Waals surface area contributed by atoms with E-state index in [2.05, 4.69) is 5.48 Å². The summed E-state index contributed by atoms with van der Waals surface area (Å²) in [6.45, 7) is 3.48. The number of amides is 4. The number of hydroxylamine groups is 1. The van der Waals surface area contributed by atoms with E-state index in [-0.39, 0.29) is 29.9 Å². The van der Waals surface area contributed by atoms with Crippen LogP contribution >= 0.6 is 0 Å². The predicted octanol–water partition coefficient (Wildman–Crippen LogP) is 3.73. The lowest BCUT2D eigenvalue weighted by Crippen LogP contribution is -2.61. The van der Waals surface area contributed by atoms with Gasteiger partial charge in [-0.1, -0.05) is 72.9 Å². The summed E-state index contributed by atoms with van der Waals surface area (Å²) in [6.07, 6.45) is 6.00. The molecular formula is C32H40N4O8S. The van der Waals surface area contributed by atoms with Crippen molar-refractivity contribution in [2.75, 3.05) is 19.5 Å². The van der Waals surface area contributed by atoms with Crippen LogP contribution in [0.1, 0.15) is 78.7 Å². The molecule has 13 heteroatoms. The Morgan fingerprint density at radius 3 is 2.27 bits per heavy atom. The fourth-order valence-corrected chi connectivity index (χ4v) is 5.86. The number of sulfonamides is 1. The van der Waals surface area contributed by atoms with E-state index < -0.39 is 52.7 Å². The number of fused-ring (bicyclic) bond motifs is 1. The summed E-state index contributed by atoms with van der Waals surface area (Å²) < 4.78 is 33.0. The minimum atomic E-state index is -4.34. The van der Waals surface area contributed by atoms with Gasteiger partial charge in [0.25, 0.3) is 17.7 Å². The summed E-state index contributed by atoms with van der Waals surface area (Å²) in [5, 5.41) is 0.844. The van der Waals surface area contributed by atoms with E-state index in [1.54, 1.807) is 24.3 Å². The third-order valence-corrected chi connectivity index (χ3v) is 8.51. The van der Waals surface area contributed by atoms with Gasteiger partial charge in [-0.2, -0.15) is 0 Å². The zero-order valence-corrected chi connectivity index (χ0v) is 26.6. The zero-order chi connectivity index (χ0) is 32.6. The number of hydrogen-bond donors (Lipinski definition) is 1. The van der Waals surface area contributed by atoms with Gasteiger partial charge >= 0.3 is 0 Å². The molecule has 0 spiro atoms. The molecule has 4 amide bonds. The van der Waals surface area contributed by atoms with Crippen LogP contribution in [0.2, 0.25) is 0 Å². The van der Waals surface area contributed by atoms with E-state index in [0.717, 1.165) is 34.6 Å². The molecule has 0 saturated carbocycles. The molecule has 2 aliphatic heterocycles. The third kappa shape index (κ3) is 8.85. The van der Waals surface area contributed by atoms with Crippen LogP contribution in [0.15, 0.2) is 60.7 Å². The molecule has 12 nitrogen and oxygen atoms in total. The van der Waals surface area contributed by atoms with E-state index in [1.807, 2.05) is 44.2 Å². The Morgan fingerprint density at radius 2 is 1.69 bits per heavy atom. The lowest BCUT2D eigenvalue weighted by atomic mass is 10.1. The van der Waals surface area contributed by atoms with Gasteiger partial charge in [-0.3, -0.25) is 24.1 Å². The first-order valence-electron chi connectivity index (χ1n) is 15.0. The lowest BCUT2D eigenvalue weighted by molar-refractivity contribution is -0.204. The topological polar surface area (TPSA) is 143 Å². The second kappa shape index (κ2) is 15.4. The van der Waals surface area contributed by atoms with Crippen molar-refractivity contribution in [3.8, 4) is 0 Å². The minimum absolute atomic E-state index is 0.0927. The normalized spacial score (nSPS) is 17.6. The van der Waals surface area contributed by atoms with Gasteiger partial charge < -0.3 is 4.74 Å². The van der Waals surface area contributed by atoms with Crippen molar-refractivity contribution >= 4 is 39.7 Å². The van der Waals surface area contributed by atoms with Gasteiger partial charge in [-0.15, -0.1) is 0 Å². The highest BCUT2D eigenvalue weighted by Gasteiger charge is 2.43. The number of nitrogens with zero attached hydrogens (tertiary/aromatic N) is 3. The number of benzene rings is 2. The van der Waals surface area contributed by atoms with Crippen LogP contribution in [0, 0.1) is 5.92 Å². The largest absolute Gasteiger partial charge is 0.350 e. The summed E-state index contributed by atoms with van der Waals surface area (Å²) in [7, 11) is -4.34. The number of carbonyl (C=O) groups excluding carboxylic acids is 4. The number of ether oxygens (including phenoxy) is 1. The molecule has 2 aromatic carbocycles. The Hall–Kier alpha value is -3.91. The molecule has 1 unspecified atom stereocenters. The molecule has 1 fully saturated rings. The predicted molar refractivity (Wildman–Crippen MR) is 166 cm³/mol. The van der Waals surface area contributed by atoms with Gasteiger partial charge in [0.15, 0.2) is 6.29 Å². The molecule has 4 rings (SSSR count). The zero-order valence-electron chi connectivity index (χ0n) is 25.8. The van der Waals surface area contributed by atoms with Crippen molar-refractivity contribution in [2.45, 2.75) is 64.7 Å². The molecule has 0 aromatic heterocycles. The summed E-state index contributed by atoms with van der Waals surface area (Å²) >= 11 is 0. The molecule has 1 N–H and O–H groups in total. The standard InChI is InChI=1S/C32H40N4O8S/c1-23(2)19-20-28(37)36(35(45(3,41)42)22-34-31(39)25-15-7-8-16-26(25)32(34)40)27(17-11-14-24-12-5-4-6-13-24)30(38)33-44-29-18-9-10-21-43-29/h4-8,11-16,23,27,29H,9-10,17-22H2,1-3H3,(H,33,38)/t27?,29-/m0/s1. The molecule has 1 saturated heterocycles. The SMILES string of the molecule is CC(C)CCC(=O)N(C(CC=Cc1ccccc1)C(=O)NO[C@H]1CCCCO1)N(CN1C(=O)c2ccccc2C1=O)S(C)(=O)=O. The van der Waals surface area contributed by atoms with Crippen molar-refractivity contribution < 1.29 is 37.2 Å². The summed E-state index contributed by atoms with van der Waals surface area (Å²) in [5.74, 6) is -2.79. The monoisotopic (exact) mass is 640 g/mol. The van der Waals surface area contributed by atoms with Gasteiger partial charge in [-0.25, -0.2) is 23.7 Å². The average Bonchev–Trinajstić information content (AvgIpc) is 3.26. The quantitative estimate of drug-likeness (QED) is 0.243. The van der Waals surface area contributed by atoms with Crippen molar-refractivity contribution in [1.29, 1.82) is 0 Å². The average molecular weight is 641 g/mol. The highest BCUT2D eigenvalue weighted by molar-refractivity contribution is 7.88. The number of rotatable bonds is 14. The molecule has 0 radical (unpaired) electrons. The fraction of sp³-hybridized carbons (Fsp3) is 0.438. The van der Waals surface area contributed by atoms with Gasteiger partial charge in [0.2, 0.25) is 15.9 Å². The molecule has 2 aromatic rings. The van der Waals surface area contributed by atoms with E-state index in [4.69, 9.17) is 9.57 Å². The first-order valence-corrected chi connectivity index (χ1v) is 16.9. The highest BCUT2D eigenvalue weighted by Crippen LogP contribution is 2.26.